The van der Waals surface area contributed by atoms with E-state index in [9.17, 15) is 0 Å². The minimum atomic E-state index is -0.280. The lowest BCUT2D eigenvalue weighted by molar-refractivity contribution is 0.0467. The summed E-state index contributed by atoms with van der Waals surface area (Å²) in [5.41, 5.74) is 0.794. The summed E-state index contributed by atoms with van der Waals surface area (Å²) >= 11 is 0. The maximum atomic E-state index is 9.01. The Kier molecular flexibility index (Phi) is 3.77. The van der Waals surface area contributed by atoms with E-state index in [1.165, 1.54) is 0 Å². The minimum Gasteiger partial charge on any atom is -0.485 e. The molecular formula is C14H18O4. The van der Waals surface area contributed by atoms with Gasteiger partial charge in [0.25, 0.3) is 0 Å². The molecule has 0 bridgehead atoms. The number of rotatable bonds is 1. The molecule has 0 aliphatic carbocycles. The molecule has 0 amide bonds. The van der Waals surface area contributed by atoms with Gasteiger partial charge in [0.1, 0.15) is 18.0 Å². The van der Waals surface area contributed by atoms with Crippen molar-refractivity contribution < 1.29 is 19.0 Å². The van der Waals surface area contributed by atoms with E-state index in [-0.39, 0.29) is 12.7 Å². The molecule has 0 saturated heterocycles. The van der Waals surface area contributed by atoms with Gasteiger partial charge in [0.2, 0.25) is 0 Å². The van der Waals surface area contributed by atoms with Crippen LogP contribution in [0.2, 0.25) is 0 Å². The first-order chi connectivity index (χ1) is 8.78. The number of aryl methyl sites for hydroxylation is 1. The van der Waals surface area contributed by atoms with Gasteiger partial charge in [0, 0.05) is 0 Å². The molecule has 2 heterocycles. The zero-order chi connectivity index (χ0) is 13.1. The third-order valence-electron chi connectivity index (χ3n) is 2.65. The van der Waals surface area contributed by atoms with E-state index in [2.05, 4.69) is 0 Å². The number of aliphatic hydroxyl groups excluding tert-OH is 1. The Morgan fingerprint density at radius 1 is 1.33 bits per heavy atom. The third-order valence-corrected chi connectivity index (χ3v) is 2.65. The first kappa shape index (κ1) is 12.8. The molecule has 1 atom stereocenters. The molecule has 18 heavy (non-hydrogen) atoms. The van der Waals surface area contributed by atoms with Crippen LogP contribution in [0.15, 0.2) is 22.6 Å². The van der Waals surface area contributed by atoms with E-state index in [1.807, 2.05) is 39.0 Å². The highest BCUT2D eigenvalue weighted by Gasteiger charge is 2.23. The van der Waals surface area contributed by atoms with E-state index in [1.54, 1.807) is 0 Å². The van der Waals surface area contributed by atoms with Crippen LogP contribution in [0, 0.1) is 6.92 Å². The van der Waals surface area contributed by atoms with Crippen LogP contribution in [0.4, 0.5) is 0 Å². The molecule has 0 unspecified atom stereocenters. The van der Waals surface area contributed by atoms with Gasteiger partial charge in [0.15, 0.2) is 17.6 Å². The summed E-state index contributed by atoms with van der Waals surface area (Å²) in [4.78, 5) is 0. The van der Waals surface area contributed by atoms with Crippen molar-refractivity contribution in [2.24, 2.45) is 0 Å². The van der Waals surface area contributed by atoms with Crippen LogP contribution in [0.3, 0.4) is 0 Å². The van der Waals surface area contributed by atoms with Crippen molar-refractivity contribution in [2.45, 2.75) is 26.9 Å². The number of aliphatic hydroxyl groups is 1. The maximum absolute atomic E-state index is 9.01. The zero-order valence-corrected chi connectivity index (χ0v) is 10.9. The second-order valence-corrected chi connectivity index (χ2v) is 3.90. The number of ether oxygens (including phenoxy) is 2. The van der Waals surface area contributed by atoms with Gasteiger partial charge < -0.3 is 19.0 Å². The summed E-state index contributed by atoms with van der Waals surface area (Å²) in [6.45, 7) is 6.22. The van der Waals surface area contributed by atoms with Crippen LogP contribution in [0.5, 0.6) is 11.5 Å². The number of furan rings is 1. The van der Waals surface area contributed by atoms with Crippen molar-refractivity contribution in [3.63, 3.8) is 0 Å². The standard InChI is InChI=1S/C12H12O4.C2H6/c1-7-4-9-10(15-7)2-3-11-12(9)14-6-8(5-13)16-11;1-2/h2-4,8,13H,5-6H2,1H3;1-2H3/t8-;/m0./s1. The van der Waals surface area contributed by atoms with Crippen molar-refractivity contribution in [1.82, 2.24) is 0 Å². The Bertz CT molecular complexity index is 530. The first-order valence-corrected chi connectivity index (χ1v) is 6.21. The molecule has 0 fully saturated rings. The Morgan fingerprint density at radius 2 is 2.11 bits per heavy atom. The molecule has 4 nitrogen and oxygen atoms in total. The molecule has 1 aromatic carbocycles. The van der Waals surface area contributed by atoms with Crippen LogP contribution in [-0.2, 0) is 0 Å². The van der Waals surface area contributed by atoms with Crippen LogP contribution in [-0.4, -0.2) is 24.4 Å². The van der Waals surface area contributed by atoms with Crippen LogP contribution >= 0.6 is 0 Å². The van der Waals surface area contributed by atoms with Crippen molar-refractivity contribution in [1.29, 1.82) is 0 Å². The average Bonchev–Trinajstić information content (AvgIpc) is 2.81. The van der Waals surface area contributed by atoms with Crippen molar-refractivity contribution >= 4 is 11.0 Å². The SMILES string of the molecule is CC.Cc1cc2c3c(ccc2o1)O[C@@H](CO)CO3. The van der Waals surface area contributed by atoms with Gasteiger partial charge in [-0.25, -0.2) is 0 Å². The molecule has 0 radical (unpaired) electrons. The van der Waals surface area contributed by atoms with Gasteiger partial charge in [-0.1, -0.05) is 13.8 Å². The summed E-state index contributed by atoms with van der Waals surface area (Å²) in [5, 5.41) is 9.93. The summed E-state index contributed by atoms with van der Waals surface area (Å²) in [6.07, 6.45) is -0.280. The van der Waals surface area contributed by atoms with E-state index in [0.29, 0.717) is 18.1 Å². The second kappa shape index (κ2) is 5.31. The number of hydrogen-bond donors (Lipinski definition) is 1. The molecule has 4 heteroatoms. The molecular weight excluding hydrogens is 232 g/mol. The molecule has 1 N–H and O–H groups in total. The van der Waals surface area contributed by atoms with Gasteiger partial charge in [-0.05, 0) is 25.1 Å². The molecule has 98 valence electrons. The largest absolute Gasteiger partial charge is 0.485 e. The Hall–Kier alpha value is -1.68. The first-order valence-electron chi connectivity index (χ1n) is 6.21. The van der Waals surface area contributed by atoms with Gasteiger partial charge in [-0.15, -0.1) is 0 Å². The lowest BCUT2D eigenvalue weighted by Gasteiger charge is -2.25. The Labute approximate surface area is 106 Å². The zero-order valence-electron chi connectivity index (χ0n) is 10.9. The predicted molar refractivity (Wildman–Crippen MR) is 69.3 cm³/mol. The lowest BCUT2D eigenvalue weighted by atomic mass is 10.2. The third kappa shape index (κ3) is 2.16. The molecule has 0 saturated carbocycles. The lowest BCUT2D eigenvalue weighted by Crippen LogP contribution is -2.32. The van der Waals surface area contributed by atoms with Gasteiger partial charge in [0.05, 0.1) is 12.0 Å². The fraction of sp³-hybridized carbons (Fsp3) is 0.429. The van der Waals surface area contributed by atoms with E-state index < -0.39 is 0 Å². The summed E-state index contributed by atoms with van der Waals surface area (Å²) in [5.74, 6) is 2.22. The monoisotopic (exact) mass is 250 g/mol. The fourth-order valence-corrected chi connectivity index (χ4v) is 1.91. The molecule has 2 aromatic rings. The average molecular weight is 250 g/mol. The van der Waals surface area contributed by atoms with Gasteiger partial charge in [-0.2, -0.15) is 0 Å². The van der Waals surface area contributed by atoms with Crippen LogP contribution < -0.4 is 9.47 Å². The van der Waals surface area contributed by atoms with E-state index >= 15 is 0 Å². The topological polar surface area (TPSA) is 51.8 Å². The number of fused-ring (bicyclic) bond motifs is 3. The summed E-state index contributed by atoms with van der Waals surface area (Å²) in [7, 11) is 0. The number of benzene rings is 1. The molecule has 1 aliphatic rings. The van der Waals surface area contributed by atoms with Crippen LogP contribution in [0.1, 0.15) is 19.6 Å². The molecule has 0 spiro atoms. The second-order valence-electron chi connectivity index (χ2n) is 3.90. The summed E-state index contributed by atoms with van der Waals surface area (Å²) < 4.78 is 16.7. The quantitative estimate of drug-likeness (QED) is 0.845. The normalized spacial score (nSPS) is 17.2. The molecule has 1 aromatic heterocycles. The Morgan fingerprint density at radius 3 is 2.83 bits per heavy atom. The smallest absolute Gasteiger partial charge is 0.172 e. The minimum absolute atomic E-state index is 0.0398. The predicted octanol–water partition coefficient (Wildman–Crippen LogP) is 2.90. The molecule has 3 rings (SSSR count). The van der Waals surface area contributed by atoms with Crippen molar-refractivity contribution in [2.75, 3.05) is 13.2 Å². The maximum Gasteiger partial charge on any atom is 0.172 e. The summed E-state index contributed by atoms with van der Waals surface area (Å²) in [6, 6.07) is 5.59. The highest BCUT2D eigenvalue weighted by molar-refractivity contribution is 5.87. The Balaban J connectivity index is 0.000000574. The van der Waals surface area contributed by atoms with Crippen LogP contribution in [0.25, 0.3) is 11.0 Å². The van der Waals surface area contributed by atoms with Gasteiger partial charge >= 0.3 is 0 Å². The van der Waals surface area contributed by atoms with Crippen molar-refractivity contribution in [3.8, 4) is 11.5 Å². The highest BCUT2D eigenvalue weighted by atomic mass is 16.6. The van der Waals surface area contributed by atoms with Crippen molar-refractivity contribution in [3.05, 3.63) is 24.0 Å². The fourth-order valence-electron chi connectivity index (χ4n) is 1.91. The molecule has 1 aliphatic heterocycles. The number of hydrogen-bond acceptors (Lipinski definition) is 4. The van der Waals surface area contributed by atoms with E-state index in [0.717, 1.165) is 16.7 Å². The van der Waals surface area contributed by atoms with Gasteiger partial charge in [-0.3, -0.25) is 0 Å². The highest BCUT2D eigenvalue weighted by Crippen LogP contribution is 2.39. The van der Waals surface area contributed by atoms with E-state index in [4.69, 9.17) is 19.0 Å².